The molecule has 1 atom stereocenters. The van der Waals surface area contributed by atoms with Crippen molar-refractivity contribution < 1.29 is 19.2 Å². The third kappa shape index (κ3) is 3.17. The minimum absolute atomic E-state index is 0.184. The average molecular weight is 236 g/mol. The Hall–Kier alpha value is -2.62. The van der Waals surface area contributed by atoms with E-state index in [0.29, 0.717) is 0 Å². The average Bonchev–Trinajstić information content (AvgIpc) is 2.35. The molecule has 7 heteroatoms. The second kappa shape index (κ2) is 5.46. The van der Waals surface area contributed by atoms with E-state index < -0.39 is 17.2 Å². The van der Waals surface area contributed by atoms with Crippen molar-refractivity contribution in [3.05, 3.63) is 39.9 Å². The van der Waals surface area contributed by atoms with Gasteiger partial charge in [0.25, 0.3) is 5.69 Å². The highest BCUT2D eigenvalue weighted by molar-refractivity contribution is 5.60. The Morgan fingerprint density at radius 2 is 2.29 bits per heavy atom. The van der Waals surface area contributed by atoms with Crippen molar-refractivity contribution in [1.29, 1.82) is 5.26 Å². The fourth-order valence-electron chi connectivity index (χ4n) is 1.11. The van der Waals surface area contributed by atoms with E-state index in [9.17, 15) is 14.9 Å². The number of nitrogens with zero attached hydrogens (tertiary/aromatic N) is 2. The Balaban J connectivity index is 2.97. The van der Waals surface area contributed by atoms with Crippen molar-refractivity contribution in [3.8, 4) is 6.07 Å². The summed E-state index contributed by atoms with van der Waals surface area (Å²) in [7, 11) is 1.10. The molecule has 0 saturated heterocycles. The van der Waals surface area contributed by atoms with Gasteiger partial charge >= 0.3 is 6.16 Å². The first-order valence-corrected chi connectivity index (χ1v) is 4.47. The van der Waals surface area contributed by atoms with Gasteiger partial charge in [-0.05, 0) is 0 Å². The molecule has 1 rings (SSSR count). The normalized spacial score (nSPS) is 11.1. The van der Waals surface area contributed by atoms with E-state index >= 15 is 0 Å². The first-order chi connectivity index (χ1) is 8.08. The molecule has 0 aliphatic carbocycles. The van der Waals surface area contributed by atoms with Crippen LogP contribution < -0.4 is 0 Å². The third-order valence-corrected chi connectivity index (χ3v) is 1.88. The molecule has 0 heterocycles. The molecule has 0 aromatic heterocycles. The summed E-state index contributed by atoms with van der Waals surface area (Å²) in [6.07, 6.45) is -2.26. The highest BCUT2D eigenvalue weighted by atomic mass is 16.7. The first kappa shape index (κ1) is 12.4. The first-order valence-electron chi connectivity index (χ1n) is 4.47. The molecule has 7 nitrogen and oxygen atoms in total. The Labute approximate surface area is 96.3 Å². The fourth-order valence-corrected chi connectivity index (χ4v) is 1.11. The number of rotatable bonds is 3. The summed E-state index contributed by atoms with van der Waals surface area (Å²) in [5, 5.41) is 19.3. The number of carbonyl (C=O) groups excluding carboxylic acids is 1. The predicted molar refractivity (Wildman–Crippen MR) is 54.9 cm³/mol. The smallest absolute Gasteiger partial charge is 0.438 e. The fraction of sp³-hybridized carbons (Fsp3) is 0.200. The standard InChI is InChI=1S/C10H8N2O5/c1-16-10(13)17-9(6-11)7-3-2-4-8(5-7)12(14)15/h2-5,9H,1H3/t9-/m1/s1. The Morgan fingerprint density at radius 1 is 1.59 bits per heavy atom. The molecule has 1 aromatic rings. The topological polar surface area (TPSA) is 102 Å². The molecule has 0 spiro atoms. The number of hydrogen-bond acceptors (Lipinski definition) is 6. The predicted octanol–water partition coefficient (Wildman–Crippen LogP) is 1.94. The van der Waals surface area contributed by atoms with Crippen molar-refractivity contribution in [2.45, 2.75) is 6.10 Å². The summed E-state index contributed by atoms with van der Waals surface area (Å²) >= 11 is 0. The van der Waals surface area contributed by atoms with E-state index in [0.717, 1.165) is 13.2 Å². The SMILES string of the molecule is COC(=O)O[C@H](C#N)c1cccc([N+](=O)[O-])c1. The summed E-state index contributed by atoms with van der Waals surface area (Å²) in [6.45, 7) is 0. The van der Waals surface area contributed by atoms with Crippen LogP contribution >= 0.6 is 0 Å². The van der Waals surface area contributed by atoms with Crippen LogP contribution in [-0.4, -0.2) is 18.2 Å². The maximum absolute atomic E-state index is 10.8. The van der Waals surface area contributed by atoms with Gasteiger partial charge in [-0.15, -0.1) is 0 Å². The molecular weight excluding hydrogens is 228 g/mol. The second-order valence-corrected chi connectivity index (χ2v) is 2.93. The Morgan fingerprint density at radius 3 is 2.82 bits per heavy atom. The van der Waals surface area contributed by atoms with Gasteiger partial charge in [0, 0.05) is 17.7 Å². The maximum atomic E-state index is 10.8. The monoisotopic (exact) mass is 236 g/mol. The van der Waals surface area contributed by atoms with Crippen molar-refractivity contribution in [2.24, 2.45) is 0 Å². The number of carbonyl (C=O) groups is 1. The van der Waals surface area contributed by atoms with Gasteiger partial charge in [0.1, 0.15) is 6.07 Å². The van der Waals surface area contributed by atoms with E-state index in [1.54, 1.807) is 6.07 Å². The number of nitriles is 1. The lowest BCUT2D eigenvalue weighted by Gasteiger charge is -2.09. The largest absolute Gasteiger partial charge is 0.509 e. The van der Waals surface area contributed by atoms with Crippen LogP contribution in [0, 0.1) is 21.4 Å². The molecule has 0 radical (unpaired) electrons. The Kier molecular flexibility index (Phi) is 4.00. The van der Waals surface area contributed by atoms with Gasteiger partial charge in [-0.1, -0.05) is 12.1 Å². The number of benzene rings is 1. The number of non-ortho nitro benzene ring substituents is 1. The molecular formula is C10H8N2O5. The van der Waals surface area contributed by atoms with Crippen LogP contribution in [-0.2, 0) is 9.47 Å². The van der Waals surface area contributed by atoms with Gasteiger partial charge in [0.2, 0.25) is 6.10 Å². The summed E-state index contributed by atoms with van der Waals surface area (Å²) in [5.74, 6) is 0. The molecule has 0 aliphatic rings. The second-order valence-electron chi connectivity index (χ2n) is 2.93. The van der Waals surface area contributed by atoms with Gasteiger partial charge in [0.05, 0.1) is 12.0 Å². The van der Waals surface area contributed by atoms with Crippen molar-refractivity contribution in [3.63, 3.8) is 0 Å². The molecule has 17 heavy (non-hydrogen) atoms. The van der Waals surface area contributed by atoms with E-state index in [2.05, 4.69) is 9.47 Å². The van der Waals surface area contributed by atoms with Crippen LogP contribution in [0.25, 0.3) is 0 Å². The summed E-state index contributed by atoms with van der Waals surface area (Å²) < 4.78 is 8.86. The zero-order valence-electron chi connectivity index (χ0n) is 8.82. The quantitative estimate of drug-likeness (QED) is 0.451. The lowest BCUT2D eigenvalue weighted by atomic mass is 10.1. The van der Waals surface area contributed by atoms with E-state index in [-0.39, 0.29) is 11.3 Å². The van der Waals surface area contributed by atoms with Gasteiger partial charge < -0.3 is 9.47 Å². The lowest BCUT2D eigenvalue weighted by Crippen LogP contribution is -2.10. The molecule has 0 fully saturated rings. The molecule has 0 saturated carbocycles. The van der Waals surface area contributed by atoms with Crippen LogP contribution in [0.15, 0.2) is 24.3 Å². The minimum Gasteiger partial charge on any atom is -0.438 e. The van der Waals surface area contributed by atoms with Crippen LogP contribution in [0.4, 0.5) is 10.5 Å². The number of hydrogen-bond donors (Lipinski definition) is 0. The van der Waals surface area contributed by atoms with Crippen molar-refractivity contribution in [2.75, 3.05) is 7.11 Å². The summed E-state index contributed by atoms with van der Waals surface area (Å²) in [4.78, 5) is 20.8. The van der Waals surface area contributed by atoms with Crippen molar-refractivity contribution in [1.82, 2.24) is 0 Å². The summed E-state index contributed by atoms with van der Waals surface area (Å²) in [5.41, 5.74) is 0.0308. The van der Waals surface area contributed by atoms with Crippen LogP contribution in [0.5, 0.6) is 0 Å². The minimum atomic E-state index is -1.23. The maximum Gasteiger partial charge on any atom is 0.509 e. The molecule has 0 amide bonds. The van der Waals surface area contributed by atoms with Gasteiger partial charge in [-0.25, -0.2) is 4.79 Å². The molecule has 0 aliphatic heterocycles. The number of nitro benzene ring substituents is 1. The van der Waals surface area contributed by atoms with E-state index in [1.165, 1.54) is 18.2 Å². The summed E-state index contributed by atoms with van der Waals surface area (Å²) in [6, 6.07) is 6.99. The molecule has 88 valence electrons. The van der Waals surface area contributed by atoms with E-state index in [1.807, 2.05) is 0 Å². The van der Waals surface area contributed by atoms with Crippen LogP contribution in [0.2, 0.25) is 0 Å². The molecule has 0 bridgehead atoms. The molecule has 0 unspecified atom stereocenters. The highest BCUT2D eigenvalue weighted by Gasteiger charge is 2.18. The van der Waals surface area contributed by atoms with Gasteiger partial charge in [-0.2, -0.15) is 5.26 Å². The Bertz CT molecular complexity index is 480. The number of ether oxygens (including phenoxy) is 2. The zero-order chi connectivity index (χ0) is 12.8. The molecule has 0 N–H and O–H groups in total. The van der Waals surface area contributed by atoms with Gasteiger partial charge in [-0.3, -0.25) is 10.1 Å². The van der Waals surface area contributed by atoms with Gasteiger partial charge in [0.15, 0.2) is 0 Å². The molecule has 1 aromatic carbocycles. The van der Waals surface area contributed by atoms with Crippen LogP contribution in [0.1, 0.15) is 11.7 Å². The highest BCUT2D eigenvalue weighted by Crippen LogP contribution is 2.21. The number of nitro groups is 1. The third-order valence-electron chi connectivity index (χ3n) is 1.88. The van der Waals surface area contributed by atoms with Crippen LogP contribution in [0.3, 0.4) is 0 Å². The van der Waals surface area contributed by atoms with E-state index in [4.69, 9.17) is 5.26 Å². The lowest BCUT2D eigenvalue weighted by molar-refractivity contribution is -0.385. The zero-order valence-corrected chi connectivity index (χ0v) is 8.82. The number of methoxy groups -OCH3 is 1. The van der Waals surface area contributed by atoms with Crippen molar-refractivity contribution >= 4 is 11.8 Å².